The Morgan fingerprint density at radius 2 is 1.90 bits per heavy atom. The van der Waals surface area contributed by atoms with Gasteiger partial charge < -0.3 is 10.1 Å². The number of aromatic nitrogens is 2. The van der Waals surface area contributed by atoms with Crippen LogP contribution in [0.25, 0.3) is 5.69 Å². The SMILES string of the molecule is COc1ccc(Cc2nn(-c3cc(C(F)(F)F)ccc3Cl)c3c2CCCCN3)cc1. The van der Waals surface area contributed by atoms with Gasteiger partial charge in [-0.25, -0.2) is 4.68 Å². The quantitative estimate of drug-likeness (QED) is 0.555. The minimum absolute atomic E-state index is 0.218. The van der Waals surface area contributed by atoms with Crippen LogP contribution in [0, 0.1) is 0 Å². The third kappa shape index (κ3) is 4.12. The molecule has 0 spiro atoms. The lowest BCUT2D eigenvalue weighted by molar-refractivity contribution is -0.137. The number of ether oxygens (including phenoxy) is 1. The topological polar surface area (TPSA) is 39.1 Å². The highest BCUT2D eigenvalue weighted by molar-refractivity contribution is 6.32. The van der Waals surface area contributed by atoms with Crippen molar-refractivity contribution in [3.8, 4) is 11.4 Å². The molecule has 3 aromatic rings. The number of anilines is 1. The summed E-state index contributed by atoms with van der Waals surface area (Å²) in [6.07, 6.45) is -1.12. The van der Waals surface area contributed by atoms with Gasteiger partial charge in [0.15, 0.2) is 0 Å². The lowest BCUT2D eigenvalue weighted by Gasteiger charge is -2.13. The van der Waals surface area contributed by atoms with Crippen LogP contribution in [-0.4, -0.2) is 23.4 Å². The van der Waals surface area contributed by atoms with E-state index in [-0.39, 0.29) is 10.7 Å². The highest BCUT2D eigenvalue weighted by atomic mass is 35.5. The molecule has 0 bridgehead atoms. The molecule has 0 amide bonds. The highest BCUT2D eigenvalue weighted by Crippen LogP contribution is 2.36. The number of rotatable bonds is 4. The van der Waals surface area contributed by atoms with Gasteiger partial charge in [-0.05, 0) is 55.2 Å². The Bertz CT molecular complexity index is 1050. The number of halogens is 4. The first-order chi connectivity index (χ1) is 14.4. The van der Waals surface area contributed by atoms with E-state index in [0.29, 0.717) is 6.42 Å². The third-order valence-electron chi connectivity index (χ3n) is 5.24. The second-order valence-corrected chi connectivity index (χ2v) is 7.67. The van der Waals surface area contributed by atoms with Crippen LogP contribution < -0.4 is 10.1 Å². The van der Waals surface area contributed by atoms with Gasteiger partial charge in [0.1, 0.15) is 11.6 Å². The Balaban J connectivity index is 1.79. The molecule has 0 atom stereocenters. The molecule has 2 aromatic carbocycles. The lowest BCUT2D eigenvalue weighted by atomic mass is 10.0. The molecule has 4 nitrogen and oxygen atoms in total. The first-order valence-corrected chi connectivity index (χ1v) is 10.1. The van der Waals surface area contributed by atoms with E-state index in [1.807, 2.05) is 24.3 Å². The lowest BCUT2D eigenvalue weighted by Crippen LogP contribution is -2.10. The van der Waals surface area contributed by atoms with Crippen molar-refractivity contribution < 1.29 is 17.9 Å². The predicted molar refractivity (Wildman–Crippen MR) is 111 cm³/mol. The molecular formula is C22H21ClF3N3O. The van der Waals surface area contributed by atoms with Gasteiger partial charge in [-0.2, -0.15) is 18.3 Å². The van der Waals surface area contributed by atoms with Gasteiger partial charge in [0.2, 0.25) is 0 Å². The molecule has 0 aliphatic carbocycles. The van der Waals surface area contributed by atoms with Gasteiger partial charge in [-0.15, -0.1) is 0 Å². The van der Waals surface area contributed by atoms with Crippen LogP contribution in [0.1, 0.15) is 35.2 Å². The summed E-state index contributed by atoms with van der Waals surface area (Å²) < 4.78 is 46.6. The summed E-state index contributed by atoms with van der Waals surface area (Å²) >= 11 is 6.30. The normalized spacial score (nSPS) is 14.0. The van der Waals surface area contributed by atoms with Gasteiger partial charge in [0.05, 0.1) is 29.1 Å². The van der Waals surface area contributed by atoms with E-state index >= 15 is 0 Å². The maximum absolute atomic E-state index is 13.3. The molecule has 0 saturated carbocycles. The summed E-state index contributed by atoms with van der Waals surface area (Å²) in [6.45, 7) is 0.733. The number of hydrogen-bond donors (Lipinski definition) is 1. The zero-order chi connectivity index (χ0) is 21.3. The van der Waals surface area contributed by atoms with Crippen molar-refractivity contribution in [2.75, 3.05) is 19.0 Å². The predicted octanol–water partition coefficient (Wildman–Crippen LogP) is 5.89. The molecule has 2 heterocycles. The molecule has 1 N–H and O–H groups in total. The van der Waals surface area contributed by atoms with E-state index in [1.54, 1.807) is 7.11 Å². The third-order valence-corrected chi connectivity index (χ3v) is 5.56. The molecule has 0 radical (unpaired) electrons. The second-order valence-electron chi connectivity index (χ2n) is 7.26. The summed E-state index contributed by atoms with van der Waals surface area (Å²) in [7, 11) is 1.61. The molecule has 0 unspecified atom stereocenters. The Morgan fingerprint density at radius 3 is 2.60 bits per heavy atom. The summed E-state index contributed by atoms with van der Waals surface area (Å²) in [5, 5.41) is 8.26. The molecule has 8 heteroatoms. The van der Waals surface area contributed by atoms with Gasteiger partial charge in [0, 0.05) is 18.5 Å². The average Bonchev–Trinajstić information content (AvgIpc) is 2.89. The molecule has 1 aliphatic heterocycles. The highest BCUT2D eigenvalue weighted by Gasteiger charge is 2.32. The Kier molecular flexibility index (Phi) is 5.64. The van der Waals surface area contributed by atoms with Crippen LogP contribution in [0.2, 0.25) is 5.02 Å². The largest absolute Gasteiger partial charge is 0.497 e. The number of methoxy groups -OCH3 is 1. The molecule has 158 valence electrons. The standard InChI is InChI=1S/C22H21ClF3N3O/c1-30-16-8-5-14(6-9-16)12-19-17-4-2-3-11-27-21(17)29(28-19)20-13-15(22(24,25)26)7-10-18(20)23/h5-10,13,27H,2-4,11-12H2,1H3. The van der Waals surface area contributed by atoms with Crippen LogP contribution >= 0.6 is 11.6 Å². The van der Waals surface area contributed by atoms with Crippen molar-refractivity contribution in [1.29, 1.82) is 0 Å². The van der Waals surface area contributed by atoms with Crippen LogP contribution in [-0.2, 0) is 19.0 Å². The fourth-order valence-corrected chi connectivity index (χ4v) is 3.88. The maximum atomic E-state index is 13.3. The fraction of sp³-hybridized carbons (Fsp3) is 0.318. The van der Waals surface area contributed by atoms with Crippen LogP contribution in [0.3, 0.4) is 0 Å². The molecule has 1 aliphatic rings. The molecular weight excluding hydrogens is 415 g/mol. The Labute approximate surface area is 177 Å². The first kappa shape index (κ1) is 20.6. The van der Waals surface area contributed by atoms with Crippen molar-refractivity contribution in [3.63, 3.8) is 0 Å². The van der Waals surface area contributed by atoms with Gasteiger partial charge >= 0.3 is 6.18 Å². The van der Waals surface area contributed by atoms with Crippen LogP contribution in [0.4, 0.5) is 19.0 Å². The molecule has 4 rings (SSSR count). The first-order valence-electron chi connectivity index (χ1n) is 9.71. The van der Waals surface area contributed by atoms with Crippen molar-refractivity contribution in [2.45, 2.75) is 31.9 Å². The fourth-order valence-electron chi connectivity index (χ4n) is 3.68. The number of nitrogens with one attached hydrogen (secondary N) is 1. The van der Waals surface area contributed by atoms with Crippen molar-refractivity contribution in [1.82, 2.24) is 9.78 Å². The minimum atomic E-state index is -4.46. The van der Waals surface area contributed by atoms with Crippen LogP contribution in [0.5, 0.6) is 5.75 Å². The van der Waals surface area contributed by atoms with E-state index in [2.05, 4.69) is 5.32 Å². The summed E-state index contributed by atoms with van der Waals surface area (Å²) in [5.74, 6) is 1.48. The van der Waals surface area contributed by atoms with E-state index < -0.39 is 11.7 Å². The van der Waals surface area contributed by atoms with E-state index in [4.69, 9.17) is 21.4 Å². The zero-order valence-corrected chi connectivity index (χ0v) is 17.1. The maximum Gasteiger partial charge on any atom is 0.416 e. The number of alkyl halides is 3. The summed E-state index contributed by atoms with van der Waals surface area (Å²) in [6, 6.07) is 11.0. The molecule has 30 heavy (non-hydrogen) atoms. The average molecular weight is 436 g/mol. The van der Waals surface area contributed by atoms with Gasteiger partial charge in [-0.1, -0.05) is 23.7 Å². The number of fused-ring (bicyclic) bond motifs is 1. The second kappa shape index (κ2) is 8.22. The minimum Gasteiger partial charge on any atom is -0.497 e. The number of hydrogen-bond acceptors (Lipinski definition) is 3. The van der Waals surface area contributed by atoms with Gasteiger partial charge in [-0.3, -0.25) is 0 Å². The van der Waals surface area contributed by atoms with Crippen LogP contribution in [0.15, 0.2) is 42.5 Å². The summed E-state index contributed by atoms with van der Waals surface area (Å²) in [5.41, 5.74) is 2.37. The Morgan fingerprint density at radius 1 is 1.13 bits per heavy atom. The molecule has 0 fully saturated rings. The molecule has 0 saturated heterocycles. The number of benzene rings is 2. The molecule has 1 aromatic heterocycles. The van der Waals surface area contributed by atoms with E-state index in [9.17, 15) is 13.2 Å². The zero-order valence-electron chi connectivity index (χ0n) is 16.4. The summed E-state index contributed by atoms with van der Waals surface area (Å²) in [4.78, 5) is 0. The van der Waals surface area contributed by atoms with Crippen molar-refractivity contribution >= 4 is 17.4 Å². The van der Waals surface area contributed by atoms with E-state index in [0.717, 1.165) is 66.3 Å². The van der Waals surface area contributed by atoms with Gasteiger partial charge in [0.25, 0.3) is 0 Å². The smallest absolute Gasteiger partial charge is 0.416 e. The van der Waals surface area contributed by atoms with E-state index in [1.165, 1.54) is 10.7 Å². The Hall–Kier alpha value is -2.67. The number of nitrogens with zero attached hydrogens (tertiary/aromatic N) is 2. The van der Waals surface area contributed by atoms with Crippen molar-refractivity contribution in [2.24, 2.45) is 0 Å². The van der Waals surface area contributed by atoms with Crippen molar-refractivity contribution in [3.05, 3.63) is 69.9 Å². The monoisotopic (exact) mass is 435 g/mol.